The summed E-state index contributed by atoms with van der Waals surface area (Å²) in [6.45, 7) is 9.47. The number of aryl methyl sites for hydroxylation is 1. The second kappa shape index (κ2) is 10.7. The van der Waals surface area contributed by atoms with Crippen molar-refractivity contribution in [1.29, 1.82) is 0 Å². The van der Waals surface area contributed by atoms with Crippen LogP contribution in [0.1, 0.15) is 43.0 Å². The SMILES string of the molecule is CCNC(=NCCC1CCN(C)CC1)NCCc1ncc(CC)s1. The van der Waals surface area contributed by atoms with Crippen LogP contribution in [0.15, 0.2) is 11.2 Å². The van der Waals surface area contributed by atoms with E-state index in [4.69, 9.17) is 4.99 Å². The molecule has 0 atom stereocenters. The maximum Gasteiger partial charge on any atom is 0.191 e. The van der Waals surface area contributed by atoms with Crippen LogP contribution in [-0.4, -0.2) is 55.6 Å². The second-order valence-corrected chi connectivity index (χ2v) is 7.75. The van der Waals surface area contributed by atoms with E-state index in [1.165, 1.54) is 42.2 Å². The normalized spacial score (nSPS) is 17.2. The molecule has 1 aliphatic heterocycles. The average Bonchev–Trinajstić information content (AvgIpc) is 3.05. The maximum atomic E-state index is 4.74. The van der Waals surface area contributed by atoms with Crippen LogP contribution >= 0.6 is 11.3 Å². The summed E-state index contributed by atoms with van der Waals surface area (Å²) in [5.41, 5.74) is 0. The molecule has 2 rings (SSSR count). The van der Waals surface area contributed by atoms with E-state index in [1.54, 1.807) is 0 Å². The number of guanidine groups is 1. The monoisotopic (exact) mass is 351 g/mol. The lowest BCUT2D eigenvalue weighted by Gasteiger charge is -2.28. The average molecular weight is 352 g/mol. The maximum absolute atomic E-state index is 4.74. The number of nitrogens with one attached hydrogen (secondary N) is 2. The fourth-order valence-corrected chi connectivity index (χ4v) is 3.83. The number of likely N-dealkylation sites (tertiary alicyclic amines) is 1. The minimum atomic E-state index is 0.843. The summed E-state index contributed by atoms with van der Waals surface area (Å²) in [6.07, 6.45) is 7.88. The van der Waals surface area contributed by atoms with Crippen molar-refractivity contribution >= 4 is 17.3 Å². The van der Waals surface area contributed by atoms with Crippen LogP contribution in [-0.2, 0) is 12.8 Å². The van der Waals surface area contributed by atoms with Gasteiger partial charge >= 0.3 is 0 Å². The zero-order valence-electron chi connectivity index (χ0n) is 15.5. The van der Waals surface area contributed by atoms with E-state index in [1.807, 2.05) is 17.5 Å². The van der Waals surface area contributed by atoms with Crippen LogP contribution in [0.4, 0.5) is 0 Å². The van der Waals surface area contributed by atoms with Gasteiger partial charge < -0.3 is 15.5 Å². The summed E-state index contributed by atoms with van der Waals surface area (Å²) in [5.74, 6) is 1.79. The zero-order valence-corrected chi connectivity index (χ0v) is 16.3. The van der Waals surface area contributed by atoms with E-state index in [0.29, 0.717) is 0 Å². The van der Waals surface area contributed by atoms with E-state index in [9.17, 15) is 0 Å². The number of aliphatic imine (C=N–C) groups is 1. The summed E-state index contributed by atoms with van der Waals surface area (Å²) in [5, 5.41) is 7.99. The highest BCUT2D eigenvalue weighted by atomic mass is 32.1. The third kappa shape index (κ3) is 6.77. The van der Waals surface area contributed by atoms with Gasteiger partial charge in [-0.2, -0.15) is 0 Å². The summed E-state index contributed by atoms with van der Waals surface area (Å²) < 4.78 is 0. The smallest absolute Gasteiger partial charge is 0.191 e. The molecule has 1 aliphatic rings. The van der Waals surface area contributed by atoms with Gasteiger partial charge in [-0.3, -0.25) is 4.99 Å². The van der Waals surface area contributed by atoms with Gasteiger partial charge in [-0.25, -0.2) is 4.98 Å². The van der Waals surface area contributed by atoms with Gasteiger partial charge in [-0.05, 0) is 58.7 Å². The minimum absolute atomic E-state index is 0.843. The molecule has 1 aromatic heterocycles. The third-order valence-electron chi connectivity index (χ3n) is 4.57. The molecule has 24 heavy (non-hydrogen) atoms. The van der Waals surface area contributed by atoms with Gasteiger partial charge in [-0.15, -0.1) is 11.3 Å². The van der Waals surface area contributed by atoms with Crippen molar-refractivity contribution in [1.82, 2.24) is 20.5 Å². The molecule has 1 fully saturated rings. The Labute approximate surface area is 151 Å². The van der Waals surface area contributed by atoms with Crippen LogP contribution in [0, 0.1) is 5.92 Å². The lowest BCUT2D eigenvalue weighted by molar-refractivity contribution is 0.214. The molecule has 0 spiro atoms. The van der Waals surface area contributed by atoms with Gasteiger partial charge in [0.2, 0.25) is 0 Å². The molecule has 2 heterocycles. The quantitative estimate of drug-likeness (QED) is 0.558. The Kier molecular flexibility index (Phi) is 8.53. The molecule has 0 unspecified atom stereocenters. The molecular weight excluding hydrogens is 318 g/mol. The topological polar surface area (TPSA) is 52.6 Å². The zero-order chi connectivity index (χ0) is 17.2. The molecule has 1 aromatic rings. The van der Waals surface area contributed by atoms with Gasteiger partial charge in [0, 0.05) is 37.1 Å². The predicted molar refractivity (Wildman–Crippen MR) is 104 cm³/mol. The first-order valence-electron chi connectivity index (χ1n) is 9.35. The number of piperidine rings is 1. The molecule has 0 radical (unpaired) electrons. The Hall–Kier alpha value is -1.14. The first kappa shape index (κ1) is 19.2. The fraction of sp³-hybridized carbons (Fsp3) is 0.778. The Balaban J connectivity index is 1.69. The summed E-state index contributed by atoms with van der Waals surface area (Å²) in [7, 11) is 2.22. The number of hydrogen-bond acceptors (Lipinski definition) is 4. The molecule has 0 bridgehead atoms. The Morgan fingerprint density at radius 3 is 2.79 bits per heavy atom. The van der Waals surface area contributed by atoms with Gasteiger partial charge in [0.25, 0.3) is 0 Å². The van der Waals surface area contributed by atoms with E-state index in [-0.39, 0.29) is 0 Å². The van der Waals surface area contributed by atoms with Crippen molar-refractivity contribution in [3.63, 3.8) is 0 Å². The molecule has 0 aromatic carbocycles. The second-order valence-electron chi connectivity index (χ2n) is 6.55. The number of thiazole rings is 1. The molecule has 2 N–H and O–H groups in total. The van der Waals surface area contributed by atoms with Crippen LogP contribution < -0.4 is 10.6 Å². The molecule has 0 aliphatic carbocycles. The van der Waals surface area contributed by atoms with E-state index in [2.05, 4.69) is 41.4 Å². The molecule has 0 saturated carbocycles. The Morgan fingerprint density at radius 2 is 2.12 bits per heavy atom. The minimum Gasteiger partial charge on any atom is -0.357 e. The summed E-state index contributed by atoms with van der Waals surface area (Å²) in [4.78, 5) is 13.0. The highest BCUT2D eigenvalue weighted by Crippen LogP contribution is 2.19. The van der Waals surface area contributed by atoms with E-state index in [0.717, 1.165) is 44.4 Å². The molecule has 136 valence electrons. The van der Waals surface area contributed by atoms with Crippen molar-refractivity contribution in [3.8, 4) is 0 Å². The fourth-order valence-electron chi connectivity index (χ4n) is 2.97. The van der Waals surface area contributed by atoms with Crippen molar-refractivity contribution in [3.05, 3.63) is 16.1 Å². The van der Waals surface area contributed by atoms with Crippen molar-refractivity contribution in [2.24, 2.45) is 10.9 Å². The first-order valence-corrected chi connectivity index (χ1v) is 10.2. The molecule has 5 nitrogen and oxygen atoms in total. The van der Waals surface area contributed by atoms with Crippen LogP contribution in [0.25, 0.3) is 0 Å². The van der Waals surface area contributed by atoms with Gasteiger partial charge in [0.15, 0.2) is 5.96 Å². The third-order valence-corrected chi connectivity index (χ3v) is 5.77. The summed E-state index contributed by atoms with van der Waals surface area (Å²) >= 11 is 1.82. The standard InChI is InChI=1S/C18H33N5S/c1-4-16-14-22-17(24-16)7-11-21-18(19-5-2)20-10-6-15-8-12-23(3)13-9-15/h14-15H,4-13H2,1-3H3,(H2,19,20,21). The highest BCUT2D eigenvalue weighted by molar-refractivity contribution is 7.11. The lowest BCUT2D eigenvalue weighted by Crippen LogP contribution is -2.38. The number of nitrogens with zero attached hydrogens (tertiary/aromatic N) is 3. The Bertz CT molecular complexity index is 491. The van der Waals surface area contributed by atoms with Crippen LogP contribution in [0.5, 0.6) is 0 Å². The van der Waals surface area contributed by atoms with E-state index < -0.39 is 0 Å². The summed E-state index contributed by atoms with van der Waals surface area (Å²) in [6, 6.07) is 0. The van der Waals surface area contributed by atoms with Crippen molar-refractivity contribution in [2.45, 2.75) is 46.0 Å². The van der Waals surface area contributed by atoms with Gasteiger partial charge in [0.1, 0.15) is 0 Å². The van der Waals surface area contributed by atoms with Gasteiger partial charge in [0.05, 0.1) is 5.01 Å². The largest absolute Gasteiger partial charge is 0.357 e. The van der Waals surface area contributed by atoms with Crippen LogP contribution in [0.2, 0.25) is 0 Å². The highest BCUT2D eigenvalue weighted by Gasteiger charge is 2.15. The van der Waals surface area contributed by atoms with Crippen molar-refractivity contribution in [2.75, 3.05) is 39.8 Å². The van der Waals surface area contributed by atoms with Gasteiger partial charge in [-0.1, -0.05) is 6.92 Å². The number of rotatable bonds is 8. The van der Waals surface area contributed by atoms with Crippen molar-refractivity contribution < 1.29 is 0 Å². The lowest BCUT2D eigenvalue weighted by atomic mass is 9.94. The Morgan fingerprint density at radius 1 is 1.33 bits per heavy atom. The van der Waals surface area contributed by atoms with E-state index >= 15 is 0 Å². The molecule has 0 amide bonds. The molecule has 1 saturated heterocycles. The number of hydrogen-bond donors (Lipinski definition) is 2. The molecular formula is C18H33N5S. The molecule has 6 heteroatoms. The number of aromatic nitrogens is 1. The predicted octanol–water partition coefficient (Wildman–Crippen LogP) is 2.54. The van der Waals surface area contributed by atoms with Crippen LogP contribution in [0.3, 0.4) is 0 Å². The first-order chi connectivity index (χ1) is 11.7.